The summed E-state index contributed by atoms with van der Waals surface area (Å²) < 4.78 is 82.9. The van der Waals surface area contributed by atoms with E-state index >= 15 is 0 Å². The number of nitrogens with one attached hydrogen (secondary N) is 1. The van der Waals surface area contributed by atoms with Gasteiger partial charge in [-0.25, -0.2) is 14.6 Å². The summed E-state index contributed by atoms with van der Waals surface area (Å²) in [6.07, 6.45) is -3.12. The number of rotatable bonds is 7. The number of carbonyl (C=O) groups is 1. The van der Waals surface area contributed by atoms with Crippen LogP contribution in [0.1, 0.15) is 88.6 Å². The van der Waals surface area contributed by atoms with Gasteiger partial charge in [0.2, 0.25) is 0 Å². The van der Waals surface area contributed by atoms with Gasteiger partial charge in [0.15, 0.2) is 0 Å². The number of ether oxygens (including phenoxy) is 2. The highest BCUT2D eigenvalue weighted by Gasteiger charge is 2.43. The standard InChI is InChI=1S/C34H44F3N5O6S/c1-19-9-20(2)30(21(3)10-19)49(45,46)40-39-23-11-22(4)42(31(43)48-32(5,6)7)24(12-23)17-47-26-13-27(34(35,36)37)29-28(14-26)38-18-41(29)25-15-33(8,44)16-25/h9-10,13-14,18,22,24-25,40,44H,11-12,15-17H2,1-8H3/b39-23-/t22-,24-,25?,33?/m0/s1. The first-order valence-corrected chi connectivity index (χ1v) is 17.6. The van der Waals surface area contributed by atoms with Crippen molar-refractivity contribution in [1.29, 1.82) is 0 Å². The predicted molar refractivity (Wildman–Crippen MR) is 178 cm³/mol. The molecular formula is C34H44F3N5O6S. The van der Waals surface area contributed by atoms with E-state index < -0.39 is 51.1 Å². The highest BCUT2D eigenvalue weighted by Crippen LogP contribution is 2.45. The Hall–Kier alpha value is -3.85. The number of aryl methyl sites for hydroxylation is 3. The number of aliphatic hydroxyl groups is 1. The first-order chi connectivity index (χ1) is 22.5. The molecule has 1 saturated carbocycles. The molecule has 1 aromatic heterocycles. The number of amides is 1. The number of nitrogens with zero attached hydrogens (tertiary/aromatic N) is 4. The lowest BCUT2D eigenvalue weighted by Crippen LogP contribution is -2.55. The maximum Gasteiger partial charge on any atom is 0.418 e. The molecule has 1 amide bonds. The number of benzene rings is 2. The molecule has 49 heavy (non-hydrogen) atoms. The van der Waals surface area contributed by atoms with Gasteiger partial charge in [-0.15, -0.1) is 0 Å². The van der Waals surface area contributed by atoms with Gasteiger partial charge in [-0.1, -0.05) is 17.7 Å². The van der Waals surface area contributed by atoms with Gasteiger partial charge in [0.05, 0.1) is 39.5 Å². The lowest BCUT2D eigenvalue weighted by Gasteiger charge is -2.42. The summed E-state index contributed by atoms with van der Waals surface area (Å²) >= 11 is 0. The molecule has 1 aliphatic heterocycles. The van der Waals surface area contributed by atoms with Crippen molar-refractivity contribution in [2.75, 3.05) is 6.61 Å². The Bertz CT molecular complexity index is 1870. The van der Waals surface area contributed by atoms with Crippen LogP contribution >= 0.6 is 0 Å². The SMILES string of the molecule is Cc1cc(C)c(S(=O)(=O)N/N=C2\C[C@@H](COc3cc(C(F)(F)F)c4c(c3)ncn4C3CC(C)(O)C3)N(C(=O)OC(C)(C)C)[C@@H](C)C2)c(C)c1. The van der Waals surface area contributed by atoms with Crippen LogP contribution in [0.4, 0.5) is 18.0 Å². The molecule has 3 aromatic rings. The molecule has 0 spiro atoms. The van der Waals surface area contributed by atoms with Crippen molar-refractivity contribution in [3.8, 4) is 5.75 Å². The van der Waals surface area contributed by atoms with E-state index in [2.05, 4.69) is 14.9 Å². The lowest BCUT2D eigenvalue weighted by atomic mass is 9.77. The predicted octanol–water partition coefficient (Wildman–Crippen LogP) is 6.57. The Morgan fingerprint density at radius 3 is 2.31 bits per heavy atom. The summed E-state index contributed by atoms with van der Waals surface area (Å²) in [6.45, 7) is 13.6. The molecule has 2 heterocycles. The smallest absolute Gasteiger partial charge is 0.418 e. The lowest BCUT2D eigenvalue weighted by molar-refractivity contribution is -0.136. The van der Waals surface area contributed by atoms with Crippen molar-refractivity contribution in [1.82, 2.24) is 19.3 Å². The Kier molecular flexibility index (Phi) is 9.51. The second-order valence-corrected chi connectivity index (χ2v) is 16.3. The molecule has 0 unspecified atom stereocenters. The minimum absolute atomic E-state index is 0.0720. The van der Waals surface area contributed by atoms with Crippen LogP contribution in [0.5, 0.6) is 5.75 Å². The fourth-order valence-corrected chi connectivity index (χ4v) is 8.26. The molecule has 1 saturated heterocycles. The number of likely N-dealkylation sites (tertiary alicyclic amines) is 1. The number of aromatic nitrogens is 2. The normalized spacial score (nSPS) is 24.2. The molecule has 0 bridgehead atoms. The highest BCUT2D eigenvalue weighted by atomic mass is 32.2. The van der Waals surface area contributed by atoms with E-state index in [9.17, 15) is 31.5 Å². The van der Waals surface area contributed by atoms with E-state index in [1.165, 1.54) is 21.9 Å². The van der Waals surface area contributed by atoms with E-state index in [4.69, 9.17) is 9.47 Å². The maximum absolute atomic E-state index is 14.4. The Labute approximate surface area is 284 Å². The zero-order valence-electron chi connectivity index (χ0n) is 29.0. The number of hydrogen-bond donors (Lipinski definition) is 2. The zero-order valence-corrected chi connectivity index (χ0v) is 29.8. The summed E-state index contributed by atoms with van der Waals surface area (Å²) in [5.74, 6) is -0.0995. The number of imidazole rings is 1. The molecule has 268 valence electrons. The van der Waals surface area contributed by atoms with Crippen LogP contribution in [0.2, 0.25) is 0 Å². The van der Waals surface area contributed by atoms with Gasteiger partial charge in [0.25, 0.3) is 10.0 Å². The highest BCUT2D eigenvalue weighted by molar-refractivity contribution is 7.89. The van der Waals surface area contributed by atoms with E-state index in [-0.39, 0.29) is 47.2 Å². The molecule has 2 N–H and O–H groups in total. The molecule has 2 fully saturated rings. The maximum atomic E-state index is 14.4. The van der Waals surface area contributed by atoms with Crippen molar-refractivity contribution in [3.63, 3.8) is 0 Å². The second kappa shape index (κ2) is 12.8. The number of hydrogen-bond acceptors (Lipinski definition) is 8. The van der Waals surface area contributed by atoms with Gasteiger partial charge in [0, 0.05) is 36.7 Å². The molecule has 2 aliphatic rings. The Balaban J connectivity index is 1.43. The van der Waals surface area contributed by atoms with Gasteiger partial charge < -0.3 is 19.1 Å². The van der Waals surface area contributed by atoms with Crippen LogP contribution in [0.15, 0.2) is 40.6 Å². The molecule has 1 aliphatic carbocycles. The van der Waals surface area contributed by atoms with Crippen LogP contribution in [0.25, 0.3) is 11.0 Å². The summed E-state index contributed by atoms with van der Waals surface area (Å²) in [5.41, 5.74) is -0.201. The van der Waals surface area contributed by atoms with Crippen molar-refractivity contribution >= 4 is 32.9 Å². The first-order valence-electron chi connectivity index (χ1n) is 16.1. The third-order valence-electron chi connectivity index (χ3n) is 8.81. The second-order valence-electron chi connectivity index (χ2n) is 14.7. The van der Waals surface area contributed by atoms with Crippen LogP contribution in [0, 0.1) is 20.8 Å². The summed E-state index contributed by atoms with van der Waals surface area (Å²) in [5, 5.41) is 14.4. The number of hydrazone groups is 1. The minimum Gasteiger partial charge on any atom is -0.491 e. The fourth-order valence-electron chi connectivity index (χ4n) is 6.95. The van der Waals surface area contributed by atoms with Crippen molar-refractivity contribution < 1.29 is 41.0 Å². The zero-order chi connectivity index (χ0) is 36.3. The third kappa shape index (κ3) is 7.98. The molecule has 11 nitrogen and oxygen atoms in total. The molecular weight excluding hydrogens is 663 g/mol. The van der Waals surface area contributed by atoms with Crippen LogP contribution in [-0.4, -0.2) is 69.7 Å². The third-order valence-corrected chi connectivity index (χ3v) is 10.3. The summed E-state index contributed by atoms with van der Waals surface area (Å²) in [6, 6.07) is 4.28. The van der Waals surface area contributed by atoms with Crippen molar-refractivity contribution in [2.24, 2.45) is 5.10 Å². The topological polar surface area (TPSA) is 135 Å². The van der Waals surface area contributed by atoms with E-state index in [1.54, 1.807) is 60.6 Å². The van der Waals surface area contributed by atoms with E-state index in [0.717, 1.165) is 11.6 Å². The minimum atomic E-state index is -4.73. The van der Waals surface area contributed by atoms with Crippen LogP contribution < -0.4 is 9.57 Å². The average molecular weight is 708 g/mol. The number of piperidine rings is 1. The van der Waals surface area contributed by atoms with Gasteiger partial charge in [-0.3, -0.25) is 4.90 Å². The molecule has 2 aromatic carbocycles. The quantitative estimate of drug-likeness (QED) is 0.266. The number of alkyl halides is 3. The number of sulfonamides is 1. The van der Waals surface area contributed by atoms with Gasteiger partial charge >= 0.3 is 12.3 Å². The largest absolute Gasteiger partial charge is 0.491 e. The first kappa shape index (κ1) is 36.4. The number of fused-ring (bicyclic) bond motifs is 1. The van der Waals surface area contributed by atoms with Gasteiger partial charge in [-0.2, -0.15) is 26.7 Å². The van der Waals surface area contributed by atoms with Crippen molar-refractivity contribution in [3.05, 3.63) is 52.8 Å². The Morgan fingerprint density at radius 1 is 1.10 bits per heavy atom. The van der Waals surface area contributed by atoms with Gasteiger partial charge in [-0.05, 0) is 85.4 Å². The number of halogens is 3. The van der Waals surface area contributed by atoms with E-state index in [1.807, 2.05) is 6.92 Å². The van der Waals surface area contributed by atoms with Gasteiger partial charge in [0.1, 0.15) is 18.0 Å². The monoisotopic (exact) mass is 707 g/mol. The molecule has 2 atom stereocenters. The summed E-state index contributed by atoms with van der Waals surface area (Å²) in [7, 11) is -4.03. The van der Waals surface area contributed by atoms with E-state index in [0.29, 0.717) is 29.7 Å². The fraction of sp³-hybridized carbons (Fsp3) is 0.559. The molecule has 0 radical (unpaired) electrons. The molecule has 5 rings (SSSR count). The van der Waals surface area contributed by atoms with Crippen LogP contribution in [-0.2, 0) is 20.9 Å². The Morgan fingerprint density at radius 2 is 1.73 bits per heavy atom. The number of carbonyl (C=O) groups excluding carboxylic acids is 1. The average Bonchev–Trinajstić information content (AvgIpc) is 3.34. The van der Waals surface area contributed by atoms with Crippen LogP contribution in [0.3, 0.4) is 0 Å². The molecule has 15 heteroatoms. The van der Waals surface area contributed by atoms with Crippen molar-refractivity contribution in [2.45, 2.75) is 121 Å². The summed E-state index contributed by atoms with van der Waals surface area (Å²) in [4.78, 5) is 21.5.